The van der Waals surface area contributed by atoms with Gasteiger partial charge >= 0.3 is 0 Å². The van der Waals surface area contributed by atoms with Crippen molar-refractivity contribution in [3.63, 3.8) is 0 Å². The van der Waals surface area contributed by atoms with Crippen molar-refractivity contribution in [2.24, 2.45) is 11.0 Å². The van der Waals surface area contributed by atoms with Crippen LogP contribution in [-0.2, 0) is 0 Å². The topological polar surface area (TPSA) is 41.5 Å². The first kappa shape index (κ1) is 12.3. The minimum atomic E-state index is -0.161. The predicted molar refractivity (Wildman–Crippen MR) is 72.2 cm³/mol. The summed E-state index contributed by atoms with van der Waals surface area (Å²) in [6.45, 7) is 3.95. The summed E-state index contributed by atoms with van der Waals surface area (Å²) >= 11 is 3.41. The van der Waals surface area contributed by atoms with Crippen LogP contribution < -0.4 is 5.43 Å². The number of carbonyl (C=O) groups excluding carboxylic acids is 1. The first-order chi connectivity index (χ1) is 8.08. The van der Waals surface area contributed by atoms with Crippen molar-refractivity contribution in [2.75, 3.05) is 0 Å². The Morgan fingerprint density at radius 2 is 2.18 bits per heavy atom. The second-order valence-corrected chi connectivity index (χ2v) is 5.29. The van der Waals surface area contributed by atoms with Gasteiger partial charge in [-0.25, -0.2) is 5.43 Å². The maximum atomic E-state index is 11.8. The van der Waals surface area contributed by atoms with E-state index in [0.29, 0.717) is 11.5 Å². The molecule has 0 aliphatic heterocycles. The van der Waals surface area contributed by atoms with E-state index >= 15 is 0 Å². The fourth-order valence-corrected chi connectivity index (χ4v) is 1.91. The van der Waals surface area contributed by atoms with Gasteiger partial charge in [-0.1, -0.05) is 22.0 Å². The van der Waals surface area contributed by atoms with Gasteiger partial charge in [0.25, 0.3) is 5.91 Å². The molecule has 3 nitrogen and oxygen atoms in total. The predicted octanol–water partition coefficient (Wildman–Crippen LogP) is 3.27. The number of amides is 1. The van der Waals surface area contributed by atoms with Gasteiger partial charge in [0, 0.05) is 15.7 Å². The monoisotopic (exact) mass is 294 g/mol. The highest BCUT2D eigenvalue weighted by atomic mass is 79.9. The molecular weight excluding hydrogens is 280 g/mol. The molecule has 1 aliphatic carbocycles. The lowest BCUT2D eigenvalue weighted by Gasteiger charge is -2.04. The second-order valence-electron chi connectivity index (χ2n) is 4.43. The molecule has 1 aliphatic rings. The molecule has 4 heteroatoms. The van der Waals surface area contributed by atoms with Gasteiger partial charge in [-0.2, -0.15) is 5.10 Å². The smallest absolute Gasteiger partial charge is 0.267 e. The molecule has 1 amide bonds. The van der Waals surface area contributed by atoms with Crippen LogP contribution in [-0.4, -0.2) is 11.6 Å². The lowest BCUT2D eigenvalue weighted by molar-refractivity contribution is 0.0954. The average molecular weight is 295 g/mol. The summed E-state index contributed by atoms with van der Waals surface area (Å²) in [6, 6.07) is 5.53. The Bertz CT molecular complexity index is 478. The van der Waals surface area contributed by atoms with Crippen molar-refractivity contribution in [3.8, 4) is 0 Å². The number of aryl methyl sites for hydroxylation is 1. The molecule has 2 rings (SSSR count). The van der Waals surface area contributed by atoms with Crippen LogP contribution in [0.5, 0.6) is 0 Å². The number of benzene rings is 1. The Hall–Kier alpha value is -1.16. The maximum Gasteiger partial charge on any atom is 0.271 e. The summed E-state index contributed by atoms with van der Waals surface area (Å²) in [4.78, 5) is 11.8. The molecule has 0 heterocycles. The highest BCUT2D eigenvalue weighted by molar-refractivity contribution is 9.10. The van der Waals surface area contributed by atoms with Gasteiger partial charge in [0.1, 0.15) is 0 Å². The van der Waals surface area contributed by atoms with Crippen LogP contribution >= 0.6 is 15.9 Å². The van der Waals surface area contributed by atoms with Gasteiger partial charge in [-0.05, 0) is 50.3 Å². The van der Waals surface area contributed by atoms with Crippen molar-refractivity contribution >= 4 is 27.5 Å². The van der Waals surface area contributed by atoms with Gasteiger partial charge in [-0.15, -0.1) is 0 Å². The molecule has 1 aromatic rings. The van der Waals surface area contributed by atoms with E-state index in [1.54, 1.807) is 6.07 Å². The van der Waals surface area contributed by atoms with Gasteiger partial charge in [0.05, 0.1) is 0 Å². The second kappa shape index (κ2) is 5.00. The number of nitrogens with zero attached hydrogens (tertiary/aromatic N) is 1. The van der Waals surface area contributed by atoms with E-state index < -0.39 is 0 Å². The average Bonchev–Trinajstić information content (AvgIpc) is 3.13. The molecule has 0 bridgehead atoms. The normalized spacial score (nSPS) is 15.8. The molecule has 0 spiro atoms. The van der Waals surface area contributed by atoms with Crippen LogP contribution in [0.3, 0.4) is 0 Å². The van der Waals surface area contributed by atoms with Crippen molar-refractivity contribution in [2.45, 2.75) is 26.7 Å². The molecule has 1 saturated carbocycles. The van der Waals surface area contributed by atoms with Gasteiger partial charge in [0.2, 0.25) is 0 Å². The number of nitrogens with one attached hydrogen (secondary N) is 1. The van der Waals surface area contributed by atoms with Crippen LogP contribution in [0.4, 0.5) is 0 Å². The maximum absolute atomic E-state index is 11.8. The first-order valence-electron chi connectivity index (χ1n) is 5.68. The van der Waals surface area contributed by atoms with Crippen LogP contribution in [0.1, 0.15) is 35.7 Å². The van der Waals surface area contributed by atoms with E-state index in [4.69, 9.17) is 0 Å². The number of carbonyl (C=O) groups is 1. The van der Waals surface area contributed by atoms with Crippen molar-refractivity contribution < 1.29 is 4.79 Å². The Kier molecular flexibility index (Phi) is 3.62. The molecule has 1 aromatic carbocycles. The van der Waals surface area contributed by atoms with Crippen LogP contribution in [0, 0.1) is 12.8 Å². The number of rotatable bonds is 3. The summed E-state index contributed by atoms with van der Waals surface area (Å²) in [5.74, 6) is 0.422. The fraction of sp³-hybridized carbons (Fsp3) is 0.385. The SMILES string of the molecule is CC(=NNC(=O)c1ccc(C)c(Br)c1)C1CC1. The zero-order valence-corrected chi connectivity index (χ0v) is 11.5. The highest BCUT2D eigenvalue weighted by Crippen LogP contribution is 2.30. The molecule has 0 aromatic heterocycles. The summed E-state index contributed by atoms with van der Waals surface area (Å²) in [5.41, 5.74) is 5.34. The summed E-state index contributed by atoms with van der Waals surface area (Å²) in [5, 5.41) is 4.12. The van der Waals surface area contributed by atoms with E-state index in [1.165, 1.54) is 12.8 Å². The number of halogens is 1. The Morgan fingerprint density at radius 3 is 2.76 bits per heavy atom. The molecule has 17 heavy (non-hydrogen) atoms. The van der Waals surface area contributed by atoms with Crippen LogP contribution in [0.2, 0.25) is 0 Å². The fourth-order valence-electron chi connectivity index (χ4n) is 1.53. The third-order valence-electron chi connectivity index (χ3n) is 2.94. The van der Waals surface area contributed by atoms with Crippen LogP contribution in [0.25, 0.3) is 0 Å². The molecule has 90 valence electrons. The Balaban J connectivity index is 2.03. The zero-order valence-electron chi connectivity index (χ0n) is 9.96. The molecular formula is C13H15BrN2O. The standard InChI is InChI=1S/C13H15BrN2O/c1-8-3-4-11(7-12(8)14)13(17)16-15-9(2)10-5-6-10/h3-4,7,10H,5-6H2,1-2H3,(H,16,17). The van der Waals surface area contributed by atoms with E-state index in [-0.39, 0.29) is 5.91 Å². The van der Waals surface area contributed by atoms with Gasteiger partial charge < -0.3 is 0 Å². The first-order valence-corrected chi connectivity index (χ1v) is 6.48. The lowest BCUT2D eigenvalue weighted by atomic mass is 10.1. The summed E-state index contributed by atoms with van der Waals surface area (Å²) in [7, 11) is 0. The molecule has 0 saturated heterocycles. The molecule has 1 N–H and O–H groups in total. The van der Waals surface area contributed by atoms with Crippen molar-refractivity contribution in [1.29, 1.82) is 0 Å². The van der Waals surface area contributed by atoms with Crippen molar-refractivity contribution in [1.82, 2.24) is 5.43 Å². The van der Waals surface area contributed by atoms with Gasteiger partial charge in [0.15, 0.2) is 0 Å². The van der Waals surface area contributed by atoms with Gasteiger partial charge in [-0.3, -0.25) is 4.79 Å². The number of hydrogen-bond donors (Lipinski definition) is 1. The minimum absolute atomic E-state index is 0.161. The largest absolute Gasteiger partial charge is 0.271 e. The lowest BCUT2D eigenvalue weighted by Crippen LogP contribution is -2.19. The Labute approximate surface area is 109 Å². The number of hydrogen-bond acceptors (Lipinski definition) is 2. The van der Waals surface area contributed by atoms with E-state index in [1.807, 2.05) is 26.0 Å². The number of hydrazone groups is 1. The molecule has 0 radical (unpaired) electrons. The molecule has 1 fully saturated rings. The van der Waals surface area contributed by atoms with Crippen LogP contribution in [0.15, 0.2) is 27.8 Å². The molecule has 0 unspecified atom stereocenters. The van der Waals surface area contributed by atoms with Crippen molar-refractivity contribution in [3.05, 3.63) is 33.8 Å². The highest BCUT2D eigenvalue weighted by Gasteiger charge is 2.24. The summed E-state index contributed by atoms with van der Waals surface area (Å²) in [6.07, 6.45) is 2.39. The van der Waals surface area contributed by atoms with E-state index in [9.17, 15) is 4.79 Å². The third-order valence-corrected chi connectivity index (χ3v) is 3.79. The quantitative estimate of drug-likeness (QED) is 0.675. The molecule has 0 atom stereocenters. The summed E-state index contributed by atoms with van der Waals surface area (Å²) < 4.78 is 0.938. The van der Waals surface area contributed by atoms with E-state index in [0.717, 1.165) is 15.7 Å². The van der Waals surface area contributed by atoms with E-state index in [2.05, 4.69) is 26.5 Å². The minimum Gasteiger partial charge on any atom is -0.267 e. The zero-order chi connectivity index (χ0) is 12.4. The third kappa shape index (κ3) is 3.16. The Morgan fingerprint density at radius 1 is 1.47 bits per heavy atom.